The van der Waals surface area contributed by atoms with E-state index in [2.05, 4.69) is 47.8 Å². The van der Waals surface area contributed by atoms with E-state index in [9.17, 15) is 4.79 Å². The molecule has 102 valence electrons. The second kappa shape index (κ2) is 5.91. The monoisotopic (exact) mass is 265 g/mol. The van der Waals surface area contributed by atoms with E-state index < -0.39 is 0 Å². The number of allylic oxidation sites excluding steroid dienone is 2. The van der Waals surface area contributed by atoms with Gasteiger partial charge in [-0.15, -0.1) is 0 Å². The van der Waals surface area contributed by atoms with Gasteiger partial charge in [0.1, 0.15) is 0 Å². The first-order valence-electron chi connectivity index (χ1n) is 7.22. The Morgan fingerprint density at radius 2 is 2.00 bits per heavy atom. The molecular formula is C18H19NO. The van der Waals surface area contributed by atoms with E-state index in [1.807, 2.05) is 12.1 Å². The normalized spacial score (nSPS) is 17.5. The summed E-state index contributed by atoms with van der Waals surface area (Å²) in [6, 6.07) is 14.6. The summed E-state index contributed by atoms with van der Waals surface area (Å²) in [5.41, 5.74) is 1.15. The molecule has 0 saturated heterocycles. The highest BCUT2D eigenvalue weighted by Crippen LogP contribution is 2.20. The van der Waals surface area contributed by atoms with E-state index in [-0.39, 0.29) is 5.91 Å². The molecule has 0 saturated carbocycles. The Morgan fingerprint density at radius 1 is 1.15 bits per heavy atom. The quantitative estimate of drug-likeness (QED) is 0.837. The van der Waals surface area contributed by atoms with E-state index in [1.54, 1.807) is 0 Å². The predicted octanol–water partition coefficient (Wildman–Crippen LogP) is 3.81. The van der Waals surface area contributed by atoms with Gasteiger partial charge in [0.15, 0.2) is 0 Å². The SMILES string of the molecule is O=C(CC1C=CCC1)NCc1ccc2ccccc2c1. The van der Waals surface area contributed by atoms with Crippen molar-refractivity contribution < 1.29 is 4.79 Å². The Hall–Kier alpha value is -2.09. The summed E-state index contributed by atoms with van der Waals surface area (Å²) in [5, 5.41) is 5.47. The second-order valence-corrected chi connectivity index (χ2v) is 5.43. The third-order valence-electron chi connectivity index (χ3n) is 3.86. The highest BCUT2D eigenvalue weighted by atomic mass is 16.1. The Balaban J connectivity index is 1.58. The molecule has 0 aromatic heterocycles. The van der Waals surface area contributed by atoms with Crippen LogP contribution in [0.15, 0.2) is 54.6 Å². The Labute approximate surface area is 119 Å². The Kier molecular flexibility index (Phi) is 3.82. The summed E-state index contributed by atoms with van der Waals surface area (Å²) < 4.78 is 0. The number of nitrogens with one attached hydrogen (secondary N) is 1. The molecule has 0 aliphatic heterocycles. The Morgan fingerprint density at radius 3 is 2.80 bits per heavy atom. The van der Waals surface area contributed by atoms with E-state index >= 15 is 0 Å². The van der Waals surface area contributed by atoms with Gasteiger partial charge in [0, 0.05) is 13.0 Å². The summed E-state index contributed by atoms with van der Waals surface area (Å²) in [4.78, 5) is 11.9. The number of amides is 1. The van der Waals surface area contributed by atoms with Crippen molar-refractivity contribution in [3.8, 4) is 0 Å². The van der Waals surface area contributed by atoms with Crippen LogP contribution in [0.3, 0.4) is 0 Å². The van der Waals surface area contributed by atoms with Gasteiger partial charge in [-0.1, -0.05) is 48.6 Å². The van der Waals surface area contributed by atoms with Crippen LogP contribution in [0.2, 0.25) is 0 Å². The molecule has 0 spiro atoms. The van der Waals surface area contributed by atoms with E-state index in [0.717, 1.165) is 18.4 Å². The van der Waals surface area contributed by atoms with Crippen LogP contribution in [0.1, 0.15) is 24.8 Å². The fourth-order valence-corrected chi connectivity index (χ4v) is 2.72. The van der Waals surface area contributed by atoms with Crippen molar-refractivity contribution in [2.24, 2.45) is 5.92 Å². The van der Waals surface area contributed by atoms with Crippen LogP contribution in [0.5, 0.6) is 0 Å². The summed E-state index contributed by atoms with van der Waals surface area (Å²) in [6.45, 7) is 0.611. The van der Waals surface area contributed by atoms with Gasteiger partial charge >= 0.3 is 0 Å². The average molecular weight is 265 g/mol. The summed E-state index contributed by atoms with van der Waals surface area (Å²) in [7, 11) is 0. The van der Waals surface area contributed by atoms with Crippen molar-refractivity contribution in [2.75, 3.05) is 0 Å². The highest BCUT2D eigenvalue weighted by Gasteiger charge is 2.13. The molecule has 1 aliphatic rings. The molecular weight excluding hydrogens is 246 g/mol. The van der Waals surface area contributed by atoms with Crippen molar-refractivity contribution in [1.29, 1.82) is 0 Å². The van der Waals surface area contributed by atoms with E-state index in [0.29, 0.717) is 18.9 Å². The van der Waals surface area contributed by atoms with Crippen molar-refractivity contribution in [3.63, 3.8) is 0 Å². The summed E-state index contributed by atoms with van der Waals surface area (Å²) >= 11 is 0. The molecule has 1 aliphatic carbocycles. The van der Waals surface area contributed by atoms with Gasteiger partial charge in [0.05, 0.1) is 0 Å². The number of carbonyl (C=O) groups is 1. The van der Waals surface area contributed by atoms with Gasteiger partial charge in [-0.05, 0) is 41.2 Å². The number of hydrogen-bond acceptors (Lipinski definition) is 1. The molecule has 0 bridgehead atoms. The topological polar surface area (TPSA) is 29.1 Å². The lowest BCUT2D eigenvalue weighted by atomic mass is 10.0. The molecule has 0 fully saturated rings. The zero-order valence-corrected chi connectivity index (χ0v) is 11.5. The minimum atomic E-state index is 0.148. The van der Waals surface area contributed by atoms with Gasteiger partial charge in [-0.2, -0.15) is 0 Å². The fraction of sp³-hybridized carbons (Fsp3) is 0.278. The van der Waals surface area contributed by atoms with Gasteiger partial charge < -0.3 is 5.32 Å². The molecule has 3 rings (SSSR count). The average Bonchev–Trinajstić information content (AvgIpc) is 2.98. The minimum Gasteiger partial charge on any atom is -0.352 e. The lowest BCUT2D eigenvalue weighted by Gasteiger charge is -2.09. The van der Waals surface area contributed by atoms with E-state index in [1.165, 1.54) is 10.8 Å². The van der Waals surface area contributed by atoms with Gasteiger partial charge in [-0.25, -0.2) is 0 Å². The smallest absolute Gasteiger partial charge is 0.220 e. The molecule has 2 heteroatoms. The Bertz CT molecular complexity index is 645. The van der Waals surface area contributed by atoms with Crippen LogP contribution >= 0.6 is 0 Å². The highest BCUT2D eigenvalue weighted by molar-refractivity contribution is 5.83. The zero-order chi connectivity index (χ0) is 13.8. The molecule has 1 atom stereocenters. The minimum absolute atomic E-state index is 0.148. The van der Waals surface area contributed by atoms with E-state index in [4.69, 9.17) is 0 Å². The number of fused-ring (bicyclic) bond motifs is 1. The largest absolute Gasteiger partial charge is 0.352 e. The molecule has 2 aromatic carbocycles. The third kappa shape index (κ3) is 3.08. The summed E-state index contributed by atoms with van der Waals surface area (Å²) in [5.74, 6) is 0.585. The first kappa shape index (κ1) is 12.9. The molecule has 0 radical (unpaired) electrons. The first-order valence-corrected chi connectivity index (χ1v) is 7.22. The van der Waals surface area contributed by atoms with Crippen molar-refractivity contribution in [3.05, 3.63) is 60.2 Å². The van der Waals surface area contributed by atoms with Crippen LogP contribution in [-0.2, 0) is 11.3 Å². The second-order valence-electron chi connectivity index (χ2n) is 5.43. The van der Waals surface area contributed by atoms with Gasteiger partial charge in [0.2, 0.25) is 5.91 Å². The van der Waals surface area contributed by atoms with Gasteiger partial charge in [-0.3, -0.25) is 4.79 Å². The number of carbonyl (C=O) groups excluding carboxylic acids is 1. The predicted molar refractivity (Wildman–Crippen MR) is 82.3 cm³/mol. The fourth-order valence-electron chi connectivity index (χ4n) is 2.72. The van der Waals surface area contributed by atoms with Crippen molar-refractivity contribution >= 4 is 16.7 Å². The maximum absolute atomic E-state index is 11.9. The molecule has 0 heterocycles. The lowest BCUT2D eigenvalue weighted by molar-refractivity contribution is -0.121. The number of benzene rings is 2. The zero-order valence-electron chi connectivity index (χ0n) is 11.5. The number of hydrogen-bond donors (Lipinski definition) is 1. The van der Waals surface area contributed by atoms with Crippen LogP contribution in [0.25, 0.3) is 10.8 Å². The molecule has 2 aromatic rings. The van der Waals surface area contributed by atoms with Gasteiger partial charge in [0.25, 0.3) is 0 Å². The van der Waals surface area contributed by atoms with Crippen LogP contribution < -0.4 is 5.32 Å². The van der Waals surface area contributed by atoms with Crippen molar-refractivity contribution in [2.45, 2.75) is 25.8 Å². The molecule has 1 amide bonds. The molecule has 2 nitrogen and oxygen atoms in total. The standard InChI is InChI=1S/C18H19NO/c20-18(12-14-5-1-2-6-14)19-13-15-9-10-16-7-3-4-8-17(16)11-15/h1,3-5,7-11,14H,2,6,12-13H2,(H,19,20). The first-order chi connectivity index (χ1) is 9.81. The third-order valence-corrected chi connectivity index (χ3v) is 3.86. The van der Waals surface area contributed by atoms with Crippen LogP contribution in [-0.4, -0.2) is 5.91 Å². The summed E-state index contributed by atoms with van der Waals surface area (Å²) in [6.07, 6.45) is 7.17. The molecule has 20 heavy (non-hydrogen) atoms. The van der Waals surface area contributed by atoms with Crippen molar-refractivity contribution in [1.82, 2.24) is 5.32 Å². The maximum atomic E-state index is 11.9. The lowest BCUT2D eigenvalue weighted by Crippen LogP contribution is -2.24. The molecule has 1 unspecified atom stereocenters. The molecule has 1 N–H and O–H groups in total. The number of rotatable bonds is 4. The van der Waals surface area contributed by atoms with Crippen LogP contribution in [0.4, 0.5) is 0 Å². The maximum Gasteiger partial charge on any atom is 0.220 e. The van der Waals surface area contributed by atoms with Crippen LogP contribution in [0, 0.1) is 5.92 Å².